The number of hydrogen-bond acceptors (Lipinski definition) is 3. The summed E-state index contributed by atoms with van der Waals surface area (Å²) in [5.74, 6) is 0.857. The van der Waals surface area contributed by atoms with E-state index in [9.17, 15) is 0 Å². The van der Waals surface area contributed by atoms with Gasteiger partial charge < -0.3 is 14.8 Å². The highest BCUT2D eigenvalue weighted by Gasteiger charge is 2.30. The molecule has 0 aromatic carbocycles. The van der Waals surface area contributed by atoms with Gasteiger partial charge in [-0.1, -0.05) is 26.7 Å². The minimum atomic E-state index is 0.298. The summed E-state index contributed by atoms with van der Waals surface area (Å²) in [5.41, 5.74) is 0. The zero-order chi connectivity index (χ0) is 14.8. The molecule has 1 rings (SSSR count). The quantitative estimate of drug-likeness (QED) is 0.620. The van der Waals surface area contributed by atoms with Gasteiger partial charge in [0, 0.05) is 6.04 Å². The van der Waals surface area contributed by atoms with Crippen LogP contribution in [-0.2, 0) is 9.47 Å². The molecule has 3 nitrogen and oxygen atoms in total. The Labute approximate surface area is 125 Å². The summed E-state index contributed by atoms with van der Waals surface area (Å²) >= 11 is 0. The van der Waals surface area contributed by atoms with Gasteiger partial charge in [0.05, 0.1) is 25.4 Å². The van der Waals surface area contributed by atoms with E-state index in [1.165, 1.54) is 38.5 Å². The van der Waals surface area contributed by atoms with Crippen LogP contribution in [0.1, 0.15) is 66.2 Å². The maximum atomic E-state index is 6.13. The van der Waals surface area contributed by atoms with Crippen LogP contribution in [0.25, 0.3) is 0 Å². The van der Waals surface area contributed by atoms with Gasteiger partial charge >= 0.3 is 0 Å². The van der Waals surface area contributed by atoms with E-state index in [2.05, 4.69) is 33.0 Å². The molecule has 0 heterocycles. The SMILES string of the molecule is CCCNC1CCC(CCC)CC1OCCOC(C)C. The summed E-state index contributed by atoms with van der Waals surface area (Å²) in [6, 6.07) is 0.544. The molecule has 20 heavy (non-hydrogen) atoms. The van der Waals surface area contributed by atoms with E-state index in [1.54, 1.807) is 0 Å². The van der Waals surface area contributed by atoms with Crippen LogP contribution in [0.3, 0.4) is 0 Å². The van der Waals surface area contributed by atoms with Gasteiger partial charge in [0.2, 0.25) is 0 Å². The fourth-order valence-corrected chi connectivity index (χ4v) is 3.11. The molecule has 0 aromatic heterocycles. The number of nitrogens with one attached hydrogen (secondary N) is 1. The van der Waals surface area contributed by atoms with Gasteiger partial charge in [0.25, 0.3) is 0 Å². The number of rotatable bonds is 10. The van der Waals surface area contributed by atoms with E-state index in [0.717, 1.165) is 19.1 Å². The fraction of sp³-hybridized carbons (Fsp3) is 1.00. The van der Waals surface area contributed by atoms with Crippen LogP contribution in [0.15, 0.2) is 0 Å². The fourth-order valence-electron chi connectivity index (χ4n) is 3.11. The summed E-state index contributed by atoms with van der Waals surface area (Å²) in [5, 5.41) is 3.67. The summed E-state index contributed by atoms with van der Waals surface area (Å²) in [4.78, 5) is 0. The third-order valence-corrected chi connectivity index (χ3v) is 4.12. The molecule has 0 bridgehead atoms. The first kappa shape index (κ1) is 17.9. The Morgan fingerprint density at radius 2 is 1.90 bits per heavy atom. The molecule has 0 amide bonds. The molecule has 0 saturated heterocycles. The highest BCUT2D eigenvalue weighted by molar-refractivity contribution is 4.85. The van der Waals surface area contributed by atoms with Crippen molar-refractivity contribution in [3.8, 4) is 0 Å². The predicted octanol–water partition coefficient (Wildman–Crippen LogP) is 3.77. The number of ether oxygens (including phenoxy) is 2. The third kappa shape index (κ3) is 7.05. The minimum absolute atomic E-state index is 0.298. The first-order chi connectivity index (χ1) is 9.67. The molecule has 0 aromatic rings. The van der Waals surface area contributed by atoms with E-state index >= 15 is 0 Å². The molecular weight excluding hydrogens is 250 g/mol. The zero-order valence-corrected chi connectivity index (χ0v) is 14.0. The zero-order valence-electron chi connectivity index (χ0n) is 14.0. The average molecular weight is 285 g/mol. The first-order valence-electron chi connectivity index (χ1n) is 8.63. The molecule has 120 valence electrons. The summed E-state index contributed by atoms with van der Waals surface area (Å²) in [6.45, 7) is 11.2. The van der Waals surface area contributed by atoms with Crippen LogP contribution < -0.4 is 5.32 Å². The maximum absolute atomic E-state index is 6.13. The first-order valence-corrected chi connectivity index (χ1v) is 8.63. The summed E-state index contributed by atoms with van der Waals surface area (Å²) in [6.07, 6.45) is 8.35. The van der Waals surface area contributed by atoms with Crippen molar-refractivity contribution < 1.29 is 9.47 Å². The van der Waals surface area contributed by atoms with E-state index < -0.39 is 0 Å². The second-order valence-electron chi connectivity index (χ2n) is 6.36. The van der Waals surface area contributed by atoms with Gasteiger partial charge in [-0.05, 0) is 52.0 Å². The van der Waals surface area contributed by atoms with Crippen molar-refractivity contribution in [1.29, 1.82) is 0 Å². The largest absolute Gasteiger partial charge is 0.376 e. The van der Waals surface area contributed by atoms with E-state index in [4.69, 9.17) is 9.47 Å². The lowest BCUT2D eigenvalue weighted by molar-refractivity contribution is -0.0459. The van der Waals surface area contributed by atoms with Crippen LogP contribution >= 0.6 is 0 Å². The monoisotopic (exact) mass is 285 g/mol. The normalized spacial score (nSPS) is 27.1. The Morgan fingerprint density at radius 3 is 2.55 bits per heavy atom. The van der Waals surface area contributed by atoms with Crippen LogP contribution in [0.4, 0.5) is 0 Å². The molecule has 0 spiro atoms. The number of hydrogen-bond donors (Lipinski definition) is 1. The van der Waals surface area contributed by atoms with Crippen molar-refractivity contribution in [1.82, 2.24) is 5.32 Å². The topological polar surface area (TPSA) is 30.5 Å². The van der Waals surface area contributed by atoms with Gasteiger partial charge in [0.1, 0.15) is 0 Å². The van der Waals surface area contributed by atoms with Crippen LogP contribution in [0, 0.1) is 5.92 Å². The summed E-state index contributed by atoms with van der Waals surface area (Å²) in [7, 11) is 0. The second-order valence-corrected chi connectivity index (χ2v) is 6.36. The highest BCUT2D eigenvalue weighted by Crippen LogP contribution is 2.30. The molecule has 3 unspecified atom stereocenters. The molecule has 1 saturated carbocycles. The lowest BCUT2D eigenvalue weighted by Crippen LogP contribution is -2.46. The molecule has 0 aliphatic heterocycles. The maximum Gasteiger partial charge on any atom is 0.0731 e. The van der Waals surface area contributed by atoms with Crippen LogP contribution in [0.5, 0.6) is 0 Å². The van der Waals surface area contributed by atoms with Gasteiger partial charge in [-0.25, -0.2) is 0 Å². The molecule has 1 aliphatic carbocycles. The molecule has 3 atom stereocenters. The van der Waals surface area contributed by atoms with E-state index in [1.807, 2.05) is 0 Å². The van der Waals surface area contributed by atoms with Gasteiger partial charge in [-0.3, -0.25) is 0 Å². The highest BCUT2D eigenvalue weighted by atomic mass is 16.5. The smallest absolute Gasteiger partial charge is 0.0731 e. The van der Waals surface area contributed by atoms with E-state index in [0.29, 0.717) is 24.9 Å². The Hall–Kier alpha value is -0.120. The second kappa shape index (κ2) is 10.6. The Balaban J connectivity index is 2.35. The van der Waals surface area contributed by atoms with Gasteiger partial charge in [0.15, 0.2) is 0 Å². The van der Waals surface area contributed by atoms with Crippen molar-refractivity contribution >= 4 is 0 Å². The third-order valence-electron chi connectivity index (χ3n) is 4.12. The van der Waals surface area contributed by atoms with Gasteiger partial charge in [-0.15, -0.1) is 0 Å². The van der Waals surface area contributed by atoms with Crippen LogP contribution in [-0.4, -0.2) is 38.0 Å². The Bertz CT molecular complexity index is 233. The van der Waals surface area contributed by atoms with E-state index in [-0.39, 0.29) is 0 Å². The van der Waals surface area contributed by atoms with Crippen molar-refractivity contribution in [3.05, 3.63) is 0 Å². The van der Waals surface area contributed by atoms with Crippen molar-refractivity contribution in [2.75, 3.05) is 19.8 Å². The lowest BCUT2D eigenvalue weighted by Gasteiger charge is -2.36. The average Bonchev–Trinajstić information content (AvgIpc) is 2.43. The molecule has 1 N–H and O–H groups in total. The van der Waals surface area contributed by atoms with Crippen molar-refractivity contribution in [3.63, 3.8) is 0 Å². The summed E-state index contributed by atoms with van der Waals surface area (Å²) < 4.78 is 11.7. The Morgan fingerprint density at radius 1 is 1.10 bits per heavy atom. The minimum Gasteiger partial charge on any atom is -0.376 e. The van der Waals surface area contributed by atoms with Crippen LogP contribution in [0.2, 0.25) is 0 Å². The lowest BCUT2D eigenvalue weighted by atomic mass is 9.81. The van der Waals surface area contributed by atoms with Crippen molar-refractivity contribution in [2.24, 2.45) is 5.92 Å². The molecular formula is C17H35NO2. The Kier molecular flexibility index (Phi) is 9.49. The molecule has 3 heteroatoms. The predicted molar refractivity (Wildman–Crippen MR) is 85.2 cm³/mol. The molecule has 1 fully saturated rings. The van der Waals surface area contributed by atoms with Gasteiger partial charge in [-0.2, -0.15) is 0 Å². The molecule has 1 aliphatic rings. The molecule has 0 radical (unpaired) electrons. The van der Waals surface area contributed by atoms with Crippen molar-refractivity contribution in [2.45, 2.75) is 84.5 Å². The standard InChI is InChI=1S/C17H35NO2/c1-5-7-15-8-9-16(18-10-6-2)17(13-15)20-12-11-19-14(3)4/h14-18H,5-13H2,1-4H3.